The summed E-state index contributed by atoms with van der Waals surface area (Å²) < 4.78 is 55.8. The number of carbonyl (C=O) groups excluding carboxylic acids is 1. The predicted octanol–water partition coefficient (Wildman–Crippen LogP) is 2.22. The SMILES string of the molecule is CN(C)c1ccc(OC2CCCN(C(=O)c3ccccc3S(=O)(=O)C(F)F)C2)nn1. The fraction of sp³-hybridized carbons (Fsp3) is 0.421. The van der Waals surface area contributed by atoms with Gasteiger partial charge in [0.2, 0.25) is 15.7 Å². The van der Waals surface area contributed by atoms with Crippen molar-refractivity contribution in [3.8, 4) is 5.88 Å². The molecule has 1 saturated heterocycles. The van der Waals surface area contributed by atoms with E-state index >= 15 is 0 Å². The van der Waals surface area contributed by atoms with E-state index in [9.17, 15) is 22.0 Å². The third-order valence-electron chi connectivity index (χ3n) is 4.70. The van der Waals surface area contributed by atoms with E-state index < -0.39 is 26.4 Å². The number of halogens is 2. The van der Waals surface area contributed by atoms with Crippen molar-refractivity contribution in [1.82, 2.24) is 15.1 Å². The average Bonchev–Trinajstić information content (AvgIpc) is 2.73. The van der Waals surface area contributed by atoms with E-state index in [-0.39, 0.29) is 18.2 Å². The molecule has 2 heterocycles. The highest BCUT2D eigenvalue weighted by atomic mass is 32.2. The molecule has 1 aromatic carbocycles. The number of sulfone groups is 1. The van der Waals surface area contributed by atoms with Crippen LogP contribution in [-0.4, -0.2) is 68.5 Å². The van der Waals surface area contributed by atoms with Gasteiger partial charge in [-0.3, -0.25) is 4.79 Å². The quantitative estimate of drug-likeness (QED) is 0.680. The number of ether oxygens (including phenoxy) is 1. The lowest BCUT2D eigenvalue weighted by molar-refractivity contribution is 0.0522. The minimum Gasteiger partial charge on any atom is -0.471 e. The summed E-state index contributed by atoms with van der Waals surface area (Å²) in [4.78, 5) is 15.5. The molecule has 1 aromatic heterocycles. The van der Waals surface area contributed by atoms with Crippen molar-refractivity contribution in [1.29, 1.82) is 0 Å². The first kappa shape index (κ1) is 21.9. The lowest BCUT2D eigenvalue weighted by Gasteiger charge is -2.33. The van der Waals surface area contributed by atoms with Gasteiger partial charge in [-0.1, -0.05) is 12.1 Å². The van der Waals surface area contributed by atoms with Gasteiger partial charge in [0.25, 0.3) is 5.91 Å². The molecule has 3 rings (SSSR count). The van der Waals surface area contributed by atoms with Crippen LogP contribution in [0.3, 0.4) is 0 Å². The molecule has 162 valence electrons. The second-order valence-corrected chi connectivity index (χ2v) is 8.95. The second-order valence-electron chi connectivity index (χ2n) is 7.06. The number of aromatic nitrogens is 2. The molecule has 11 heteroatoms. The third kappa shape index (κ3) is 4.66. The summed E-state index contributed by atoms with van der Waals surface area (Å²) in [5.74, 6) is -3.26. The first-order valence-electron chi connectivity index (χ1n) is 9.28. The van der Waals surface area contributed by atoms with Crippen LogP contribution in [0.4, 0.5) is 14.6 Å². The van der Waals surface area contributed by atoms with Crippen LogP contribution in [0.2, 0.25) is 0 Å². The first-order valence-corrected chi connectivity index (χ1v) is 10.8. The Bertz CT molecular complexity index is 1000. The van der Waals surface area contributed by atoms with Crippen LogP contribution >= 0.6 is 0 Å². The van der Waals surface area contributed by atoms with Gasteiger partial charge in [-0.15, -0.1) is 10.2 Å². The zero-order valence-electron chi connectivity index (χ0n) is 16.5. The van der Waals surface area contributed by atoms with Crippen LogP contribution in [0.1, 0.15) is 23.2 Å². The van der Waals surface area contributed by atoms with E-state index in [2.05, 4.69) is 10.2 Å². The van der Waals surface area contributed by atoms with Crippen molar-refractivity contribution in [2.75, 3.05) is 32.1 Å². The highest BCUT2D eigenvalue weighted by Gasteiger charge is 2.33. The Morgan fingerprint density at radius 2 is 1.93 bits per heavy atom. The molecule has 1 aliphatic heterocycles. The van der Waals surface area contributed by atoms with Crippen LogP contribution in [0, 0.1) is 0 Å². The molecule has 2 aromatic rings. The molecule has 1 unspecified atom stereocenters. The van der Waals surface area contributed by atoms with E-state index in [4.69, 9.17) is 4.74 Å². The Kier molecular flexibility index (Phi) is 6.49. The molecule has 1 aliphatic rings. The molecule has 1 fully saturated rings. The molecule has 0 spiro atoms. The molecule has 0 aliphatic carbocycles. The smallest absolute Gasteiger partial charge is 0.341 e. The van der Waals surface area contributed by atoms with Crippen LogP contribution in [0.15, 0.2) is 41.3 Å². The van der Waals surface area contributed by atoms with Gasteiger partial charge >= 0.3 is 5.76 Å². The minimum absolute atomic E-state index is 0.180. The maximum absolute atomic E-state index is 13.0. The Balaban J connectivity index is 1.75. The van der Waals surface area contributed by atoms with Crippen molar-refractivity contribution in [2.24, 2.45) is 0 Å². The number of hydrogen-bond donors (Lipinski definition) is 0. The maximum atomic E-state index is 13.0. The second kappa shape index (κ2) is 8.90. The predicted molar refractivity (Wildman–Crippen MR) is 106 cm³/mol. The van der Waals surface area contributed by atoms with Crippen LogP contribution in [0.25, 0.3) is 0 Å². The molecule has 0 N–H and O–H groups in total. The summed E-state index contributed by atoms with van der Waals surface area (Å²) in [7, 11) is -1.23. The van der Waals surface area contributed by atoms with Gasteiger partial charge in [-0.05, 0) is 31.0 Å². The standard InChI is InChI=1S/C19H22F2N4O4S/c1-24(2)16-9-10-17(23-22-16)29-13-6-5-11-25(12-13)18(26)14-7-3-4-8-15(14)30(27,28)19(20)21/h3-4,7-10,13,19H,5-6,11-12H2,1-2H3. The van der Waals surface area contributed by atoms with E-state index in [0.717, 1.165) is 6.07 Å². The van der Waals surface area contributed by atoms with Crippen LogP contribution in [-0.2, 0) is 9.84 Å². The molecule has 30 heavy (non-hydrogen) atoms. The van der Waals surface area contributed by atoms with E-state index in [1.807, 2.05) is 14.1 Å². The fourth-order valence-corrected chi connectivity index (χ4v) is 4.08. The first-order chi connectivity index (χ1) is 14.2. The molecule has 0 saturated carbocycles. The monoisotopic (exact) mass is 440 g/mol. The molecule has 8 nitrogen and oxygen atoms in total. The fourth-order valence-electron chi connectivity index (χ4n) is 3.16. The van der Waals surface area contributed by atoms with Gasteiger partial charge in [0.15, 0.2) is 5.82 Å². The van der Waals surface area contributed by atoms with Gasteiger partial charge in [0, 0.05) is 26.7 Å². The molecule has 0 radical (unpaired) electrons. The van der Waals surface area contributed by atoms with Gasteiger partial charge in [0.1, 0.15) is 6.10 Å². The number of anilines is 1. The van der Waals surface area contributed by atoms with Crippen molar-refractivity contribution < 1.29 is 26.7 Å². The Morgan fingerprint density at radius 1 is 1.20 bits per heavy atom. The summed E-state index contributed by atoms with van der Waals surface area (Å²) in [6, 6.07) is 8.44. The lowest BCUT2D eigenvalue weighted by Crippen LogP contribution is -2.44. The number of nitrogens with zero attached hydrogens (tertiary/aromatic N) is 4. The minimum atomic E-state index is -4.90. The van der Waals surface area contributed by atoms with Crippen molar-refractivity contribution in [3.05, 3.63) is 42.0 Å². The highest BCUT2D eigenvalue weighted by Crippen LogP contribution is 2.25. The normalized spacial score (nSPS) is 17.1. The average molecular weight is 440 g/mol. The number of hydrogen-bond acceptors (Lipinski definition) is 7. The number of likely N-dealkylation sites (tertiary alicyclic amines) is 1. The van der Waals surface area contributed by atoms with E-state index in [1.165, 1.54) is 23.1 Å². The van der Waals surface area contributed by atoms with Crippen molar-refractivity contribution in [2.45, 2.75) is 29.6 Å². The summed E-state index contributed by atoms with van der Waals surface area (Å²) in [5, 5.41) is 8.04. The lowest BCUT2D eigenvalue weighted by atomic mass is 10.1. The number of amides is 1. The molecular formula is C19H22F2N4O4S. The Hall–Kier alpha value is -2.82. The van der Waals surface area contributed by atoms with Gasteiger partial charge in [-0.25, -0.2) is 8.42 Å². The largest absolute Gasteiger partial charge is 0.471 e. The number of rotatable bonds is 6. The van der Waals surface area contributed by atoms with Crippen molar-refractivity contribution >= 4 is 21.6 Å². The number of piperidine rings is 1. The third-order valence-corrected chi connectivity index (χ3v) is 6.13. The number of benzene rings is 1. The molecule has 0 bridgehead atoms. The summed E-state index contributed by atoms with van der Waals surface area (Å²) in [5.41, 5.74) is -0.270. The summed E-state index contributed by atoms with van der Waals surface area (Å²) in [6.07, 6.45) is 0.905. The summed E-state index contributed by atoms with van der Waals surface area (Å²) >= 11 is 0. The Labute approximate surface area is 173 Å². The van der Waals surface area contributed by atoms with Gasteiger partial charge in [0.05, 0.1) is 17.0 Å². The van der Waals surface area contributed by atoms with Crippen LogP contribution < -0.4 is 9.64 Å². The molecule has 1 amide bonds. The topological polar surface area (TPSA) is 92.7 Å². The number of carbonyl (C=O) groups is 1. The maximum Gasteiger partial charge on any atom is 0.341 e. The summed E-state index contributed by atoms with van der Waals surface area (Å²) in [6.45, 7) is 0.548. The Morgan fingerprint density at radius 3 is 2.57 bits per heavy atom. The zero-order chi connectivity index (χ0) is 21.9. The van der Waals surface area contributed by atoms with E-state index in [1.54, 1.807) is 17.0 Å². The zero-order valence-corrected chi connectivity index (χ0v) is 17.3. The van der Waals surface area contributed by atoms with Gasteiger partial charge < -0.3 is 14.5 Å². The van der Waals surface area contributed by atoms with E-state index in [0.29, 0.717) is 31.1 Å². The van der Waals surface area contributed by atoms with Crippen molar-refractivity contribution in [3.63, 3.8) is 0 Å². The highest BCUT2D eigenvalue weighted by molar-refractivity contribution is 7.91. The van der Waals surface area contributed by atoms with Crippen LogP contribution in [0.5, 0.6) is 5.88 Å². The number of alkyl halides is 2. The van der Waals surface area contributed by atoms with Gasteiger partial charge in [-0.2, -0.15) is 8.78 Å². The molecular weight excluding hydrogens is 418 g/mol. The molecule has 1 atom stereocenters.